The summed E-state index contributed by atoms with van der Waals surface area (Å²) in [5.41, 5.74) is 4.97. The first-order chi connectivity index (χ1) is 7.43. The Morgan fingerprint density at radius 2 is 2.19 bits per heavy atom. The first kappa shape index (κ1) is 12.6. The molecular formula is C10H17N3O3. The van der Waals surface area contributed by atoms with Crippen LogP contribution in [0.1, 0.15) is 26.7 Å². The second kappa shape index (κ2) is 5.07. The summed E-state index contributed by atoms with van der Waals surface area (Å²) in [7, 11) is 0. The molecule has 6 nitrogen and oxygen atoms in total. The van der Waals surface area contributed by atoms with Gasteiger partial charge in [-0.2, -0.15) is 0 Å². The Labute approximate surface area is 94.2 Å². The summed E-state index contributed by atoms with van der Waals surface area (Å²) >= 11 is 0. The van der Waals surface area contributed by atoms with Gasteiger partial charge in [-0.05, 0) is 13.8 Å². The minimum absolute atomic E-state index is 0.122. The summed E-state index contributed by atoms with van der Waals surface area (Å²) < 4.78 is 0. The zero-order chi connectivity index (χ0) is 12.3. The molecule has 6 heteroatoms. The van der Waals surface area contributed by atoms with Crippen molar-refractivity contribution in [2.24, 2.45) is 5.73 Å². The number of carbonyl (C=O) groups excluding carboxylic acids is 3. The van der Waals surface area contributed by atoms with Gasteiger partial charge >= 0.3 is 0 Å². The fraction of sp³-hybridized carbons (Fsp3) is 0.700. The van der Waals surface area contributed by atoms with Gasteiger partial charge in [0.05, 0.1) is 12.5 Å². The third kappa shape index (κ3) is 2.79. The van der Waals surface area contributed by atoms with E-state index in [0.29, 0.717) is 6.54 Å². The third-order valence-electron chi connectivity index (χ3n) is 2.46. The number of hydrogen-bond donors (Lipinski definition) is 2. The van der Waals surface area contributed by atoms with Gasteiger partial charge in [-0.15, -0.1) is 0 Å². The molecule has 1 aliphatic rings. The Kier molecular flexibility index (Phi) is 4.00. The second-order valence-corrected chi connectivity index (χ2v) is 4.12. The fourth-order valence-electron chi connectivity index (χ4n) is 1.72. The first-order valence-electron chi connectivity index (χ1n) is 5.31. The summed E-state index contributed by atoms with van der Waals surface area (Å²) in [6.45, 7) is 3.91. The lowest BCUT2D eigenvalue weighted by Crippen LogP contribution is -2.42. The molecular weight excluding hydrogens is 210 g/mol. The molecule has 0 aromatic heterocycles. The fourth-order valence-corrected chi connectivity index (χ4v) is 1.72. The Bertz CT molecular complexity index is 314. The number of nitrogens with one attached hydrogen (secondary N) is 1. The predicted octanol–water partition coefficient (Wildman–Crippen LogP) is -1.01. The van der Waals surface area contributed by atoms with E-state index in [1.54, 1.807) is 13.8 Å². The summed E-state index contributed by atoms with van der Waals surface area (Å²) in [6.07, 6.45) is 0.329. The van der Waals surface area contributed by atoms with Crippen LogP contribution in [0.25, 0.3) is 0 Å². The van der Waals surface area contributed by atoms with Gasteiger partial charge < -0.3 is 11.1 Å². The molecule has 0 bridgehead atoms. The van der Waals surface area contributed by atoms with Crippen molar-refractivity contribution in [3.05, 3.63) is 0 Å². The van der Waals surface area contributed by atoms with Crippen molar-refractivity contribution in [3.8, 4) is 0 Å². The molecule has 1 atom stereocenters. The number of rotatable bonds is 5. The lowest BCUT2D eigenvalue weighted by Gasteiger charge is -2.19. The number of likely N-dealkylation sites (tertiary alicyclic amines) is 1. The molecule has 1 rings (SSSR count). The molecule has 3 amide bonds. The predicted molar refractivity (Wildman–Crippen MR) is 57.2 cm³/mol. The summed E-state index contributed by atoms with van der Waals surface area (Å²) in [5.74, 6) is -0.814. The molecule has 1 heterocycles. The van der Waals surface area contributed by atoms with Crippen LogP contribution in [-0.4, -0.2) is 41.2 Å². The van der Waals surface area contributed by atoms with Crippen LogP contribution >= 0.6 is 0 Å². The lowest BCUT2D eigenvalue weighted by atomic mass is 10.2. The van der Waals surface area contributed by atoms with Crippen LogP contribution in [0.15, 0.2) is 0 Å². The number of amides is 3. The quantitative estimate of drug-likeness (QED) is 0.588. The maximum Gasteiger partial charge on any atom is 0.247 e. The van der Waals surface area contributed by atoms with E-state index in [-0.39, 0.29) is 30.7 Å². The monoisotopic (exact) mass is 227 g/mol. The Morgan fingerprint density at radius 1 is 1.56 bits per heavy atom. The highest BCUT2D eigenvalue weighted by atomic mass is 16.2. The zero-order valence-corrected chi connectivity index (χ0v) is 9.53. The van der Waals surface area contributed by atoms with Crippen LogP contribution in [0.4, 0.5) is 0 Å². The topological polar surface area (TPSA) is 92.5 Å². The molecule has 1 saturated heterocycles. The molecule has 0 aliphatic carbocycles. The van der Waals surface area contributed by atoms with Gasteiger partial charge in [-0.25, -0.2) is 0 Å². The number of nitrogens with zero attached hydrogens (tertiary/aromatic N) is 1. The van der Waals surface area contributed by atoms with Crippen LogP contribution in [0.5, 0.6) is 0 Å². The van der Waals surface area contributed by atoms with Gasteiger partial charge in [0.15, 0.2) is 0 Å². The molecule has 1 unspecified atom stereocenters. The van der Waals surface area contributed by atoms with Crippen molar-refractivity contribution in [2.75, 3.05) is 6.54 Å². The smallest absolute Gasteiger partial charge is 0.247 e. The number of hydrogen-bond acceptors (Lipinski definition) is 4. The average Bonchev–Trinajstić information content (AvgIpc) is 2.41. The van der Waals surface area contributed by atoms with Gasteiger partial charge in [-0.3, -0.25) is 19.3 Å². The van der Waals surface area contributed by atoms with E-state index in [2.05, 4.69) is 5.32 Å². The lowest BCUT2D eigenvalue weighted by molar-refractivity contribution is -0.140. The van der Waals surface area contributed by atoms with Gasteiger partial charge in [0.2, 0.25) is 17.7 Å². The van der Waals surface area contributed by atoms with E-state index in [0.717, 1.165) is 0 Å². The molecule has 90 valence electrons. The van der Waals surface area contributed by atoms with Crippen LogP contribution in [0.3, 0.4) is 0 Å². The highest BCUT2D eigenvalue weighted by Crippen LogP contribution is 2.15. The second-order valence-electron chi connectivity index (χ2n) is 4.12. The van der Waals surface area contributed by atoms with Crippen molar-refractivity contribution in [2.45, 2.75) is 38.8 Å². The number of nitrogens with two attached hydrogens (primary N) is 1. The molecule has 1 aliphatic heterocycles. The van der Waals surface area contributed by atoms with Gasteiger partial charge in [-0.1, -0.05) is 0 Å². The molecule has 0 aromatic carbocycles. The largest absolute Gasteiger partial charge is 0.370 e. The number of primary amides is 1. The summed E-state index contributed by atoms with van der Waals surface area (Å²) in [6, 6.07) is -0.628. The van der Waals surface area contributed by atoms with Crippen molar-refractivity contribution < 1.29 is 14.4 Å². The highest BCUT2D eigenvalue weighted by Gasteiger charge is 2.39. The molecule has 0 saturated carbocycles. The minimum Gasteiger partial charge on any atom is -0.370 e. The maximum atomic E-state index is 11.8. The van der Waals surface area contributed by atoms with Gasteiger partial charge in [0.25, 0.3) is 0 Å². The Morgan fingerprint density at radius 3 is 2.62 bits per heavy atom. The highest BCUT2D eigenvalue weighted by molar-refractivity contribution is 6.05. The number of imide groups is 1. The molecule has 0 aromatic rings. The van der Waals surface area contributed by atoms with Crippen molar-refractivity contribution >= 4 is 17.7 Å². The van der Waals surface area contributed by atoms with E-state index in [9.17, 15) is 14.4 Å². The normalized spacial score (nSPS) is 20.9. The number of carbonyl (C=O) groups is 3. The van der Waals surface area contributed by atoms with Crippen molar-refractivity contribution in [1.82, 2.24) is 10.2 Å². The Hall–Kier alpha value is -1.43. The summed E-state index contributed by atoms with van der Waals surface area (Å²) in [5, 5.41) is 2.87. The SMILES string of the molecule is CC(C)N1C(=O)CC(NCCC(N)=O)C1=O. The minimum atomic E-state index is -0.505. The van der Waals surface area contributed by atoms with Crippen LogP contribution in [0.2, 0.25) is 0 Å². The summed E-state index contributed by atoms with van der Waals surface area (Å²) in [4.78, 5) is 35.0. The zero-order valence-electron chi connectivity index (χ0n) is 9.53. The van der Waals surface area contributed by atoms with Crippen molar-refractivity contribution in [3.63, 3.8) is 0 Å². The van der Waals surface area contributed by atoms with Crippen LogP contribution < -0.4 is 11.1 Å². The Balaban J connectivity index is 2.49. The van der Waals surface area contributed by atoms with Crippen LogP contribution in [0, 0.1) is 0 Å². The van der Waals surface area contributed by atoms with E-state index < -0.39 is 11.9 Å². The van der Waals surface area contributed by atoms with E-state index in [4.69, 9.17) is 5.73 Å². The van der Waals surface area contributed by atoms with E-state index in [1.165, 1.54) is 4.90 Å². The standard InChI is InChI=1S/C10H17N3O3/c1-6(2)13-9(15)5-7(10(13)16)12-4-3-8(11)14/h6-7,12H,3-5H2,1-2H3,(H2,11,14). The van der Waals surface area contributed by atoms with Crippen molar-refractivity contribution in [1.29, 1.82) is 0 Å². The first-order valence-corrected chi connectivity index (χ1v) is 5.31. The molecule has 1 fully saturated rings. The van der Waals surface area contributed by atoms with E-state index in [1.807, 2.05) is 0 Å². The van der Waals surface area contributed by atoms with Gasteiger partial charge in [0, 0.05) is 19.0 Å². The third-order valence-corrected chi connectivity index (χ3v) is 2.46. The van der Waals surface area contributed by atoms with E-state index >= 15 is 0 Å². The van der Waals surface area contributed by atoms with Crippen LogP contribution in [-0.2, 0) is 14.4 Å². The molecule has 0 spiro atoms. The maximum absolute atomic E-state index is 11.8. The average molecular weight is 227 g/mol. The molecule has 3 N–H and O–H groups in total. The molecule has 16 heavy (non-hydrogen) atoms. The van der Waals surface area contributed by atoms with Gasteiger partial charge in [0.1, 0.15) is 0 Å². The molecule has 0 radical (unpaired) electrons.